The molecule has 3 amide bonds. The number of anilines is 1. The molecule has 8 nitrogen and oxygen atoms in total. The predicted octanol–water partition coefficient (Wildman–Crippen LogP) is 1.28. The Balaban J connectivity index is 1.33. The first-order valence-corrected chi connectivity index (χ1v) is 9.50. The molecule has 146 valence electrons. The summed E-state index contributed by atoms with van der Waals surface area (Å²) in [6.07, 6.45) is 5.08. The van der Waals surface area contributed by atoms with E-state index in [1.807, 2.05) is 36.5 Å². The molecular weight excluding hydrogens is 358 g/mol. The van der Waals surface area contributed by atoms with E-state index in [1.165, 1.54) is 6.92 Å². The number of amides is 3. The molecule has 2 aliphatic rings. The largest absolute Gasteiger partial charge is 0.339 e. The van der Waals surface area contributed by atoms with Crippen molar-refractivity contribution in [2.24, 2.45) is 5.92 Å². The third kappa shape index (κ3) is 3.49. The highest BCUT2D eigenvalue weighted by atomic mass is 16.2. The number of rotatable bonds is 4. The molecule has 2 aromatic rings. The van der Waals surface area contributed by atoms with Crippen molar-refractivity contribution in [3.63, 3.8) is 0 Å². The Kier molecular flexibility index (Phi) is 4.85. The second-order valence-corrected chi connectivity index (χ2v) is 7.30. The smallest absolute Gasteiger partial charge is 0.245 e. The van der Waals surface area contributed by atoms with Crippen LogP contribution in [0.3, 0.4) is 0 Å². The van der Waals surface area contributed by atoms with Crippen LogP contribution in [0.1, 0.15) is 19.8 Å². The van der Waals surface area contributed by atoms with E-state index in [1.54, 1.807) is 20.7 Å². The minimum Gasteiger partial charge on any atom is -0.339 e. The van der Waals surface area contributed by atoms with Gasteiger partial charge < -0.3 is 15.1 Å². The van der Waals surface area contributed by atoms with Gasteiger partial charge in [0.25, 0.3) is 0 Å². The molecule has 1 unspecified atom stereocenters. The van der Waals surface area contributed by atoms with Gasteiger partial charge in [0.2, 0.25) is 17.7 Å². The fraction of sp³-hybridized carbons (Fsp3) is 0.400. The molecule has 4 rings (SSSR count). The Morgan fingerprint density at radius 3 is 2.71 bits per heavy atom. The summed E-state index contributed by atoms with van der Waals surface area (Å²) in [6.45, 7) is 2.92. The Hall–Kier alpha value is -3.16. The van der Waals surface area contributed by atoms with Gasteiger partial charge in [0.05, 0.1) is 11.6 Å². The molecule has 3 heterocycles. The van der Waals surface area contributed by atoms with Gasteiger partial charge in [-0.2, -0.15) is 5.10 Å². The van der Waals surface area contributed by atoms with Crippen LogP contribution in [0.5, 0.6) is 0 Å². The van der Waals surface area contributed by atoms with Crippen LogP contribution in [0, 0.1) is 5.92 Å². The number of hydrogen-bond donors (Lipinski definition) is 1. The summed E-state index contributed by atoms with van der Waals surface area (Å²) in [5.74, 6) is -0.443. The van der Waals surface area contributed by atoms with Crippen LogP contribution >= 0.6 is 0 Å². The zero-order valence-corrected chi connectivity index (χ0v) is 15.7. The average Bonchev–Trinajstić information content (AvgIpc) is 3.32. The van der Waals surface area contributed by atoms with Crippen LogP contribution in [0.15, 0.2) is 42.7 Å². The number of carbonyl (C=O) groups excluding carboxylic acids is 3. The molecule has 2 aliphatic heterocycles. The second-order valence-electron chi connectivity index (χ2n) is 7.30. The number of benzene rings is 1. The minimum absolute atomic E-state index is 0.0440. The molecule has 0 spiro atoms. The first-order valence-electron chi connectivity index (χ1n) is 9.50. The summed E-state index contributed by atoms with van der Waals surface area (Å²) in [5, 5.41) is 7.11. The van der Waals surface area contributed by atoms with Crippen molar-refractivity contribution < 1.29 is 14.4 Å². The summed E-state index contributed by atoms with van der Waals surface area (Å²) in [6, 6.07) is 8.93. The van der Waals surface area contributed by atoms with E-state index in [2.05, 4.69) is 10.4 Å². The molecule has 1 aromatic heterocycles. The molecule has 1 atom stereocenters. The highest BCUT2D eigenvalue weighted by Crippen LogP contribution is 2.25. The SMILES string of the molecule is CC(=O)N1CCCC1C(=O)N1CC(C(=O)Nc2cccc(-n3cccn3)c2)C1. The van der Waals surface area contributed by atoms with Gasteiger partial charge in [-0.15, -0.1) is 0 Å². The zero-order valence-electron chi connectivity index (χ0n) is 15.7. The van der Waals surface area contributed by atoms with Crippen molar-refractivity contribution in [1.29, 1.82) is 0 Å². The van der Waals surface area contributed by atoms with Gasteiger partial charge in [0.1, 0.15) is 6.04 Å². The monoisotopic (exact) mass is 381 g/mol. The molecule has 1 aromatic carbocycles. The highest BCUT2D eigenvalue weighted by molar-refractivity contribution is 5.96. The third-order valence-corrected chi connectivity index (χ3v) is 5.39. The topological polar surface area (TPSA) is 87.5 Å². The van der Waals surface area contributed by atoms with E-state index in [4.69, 9.17) is 0 Å². The maximum absolute atomic E-state index is 12.6. The molecule has 0 radical (unpaired) electrons. The number of nitrogens with zero attached hydrogens (tertiary/aromatic N) is 4. The van der Waals surface area contributed by atoms with Gasteiger partial charge >= 0.3 is 0 Å². The first-order chi connectivity index (χ1) is 13.5. The zero-order chi connectivity index (χ0) is 19.7. The lowest BCUT2D eigenvalue weighted by Crippen LogP contribution is -2.58. The van der Waals surface area contributed by atoms with Gasteiger partial charge in [0.15, 0.2) is 0 Å². The number of aromatic nitrogens is 2. The van der Waals surface area contributed by atoms with Gasteiger partial charge in [0, 0.05) is 44.6 Å². The third-order valence-electron chi connectivity index (χ3n) is 5.39. The Labute approximate surface area is 163 Å². The van der Waals surface area contributed by atoms with Gasteiger partial charge in [-0.3, -0.25) is 14.4 Å². The van der Waals surface area contributed by atoms with Crippen molar-refractivity contribution in [2.75, 3.05) is 25.0 Å². The van der Waals surface area contributed by atoms with Crippen LogP contribution in [0.4, 0.5) is 5.69 Å². The van der Waals surface area contributed by atoms with Crippen molar-refractivity contribution in [3.8, 4) is 5.69 Å². The number of carbonyl (C=O) groups is 3. The van der Waals surface area contributed by atoms with Crippen LogP contribution in [0.25, 0.3) is 5.69 Å². The fourth-order valence-corrected chi connectivity index (χ4v) is 3.83. The second kappa shape index (κ2) is 7.46. The molecule has 2 saturated heterocycles. The molecule has 1 N–H and O–H groups in total. The molecule has 0 saturated carbocycles. The summed E-state index contributed by atoms with van der Waals surface area (Å²) < 4.78 is 1.72. The Bertz CT molecular complexity index is 889. The number of nitrogens with one attached hydrogen (secondary N) is 1. The molecule has 0 bridgehead atoms. The van der Waals surface area contributed by atoms with E-state index in [0.717, 1.165) is 12.1 Å². The Morgan fingerprint density at radius 2 is 2.00 bits per heavy atom. The first kappa shape index (κ1) is 18.2. The maximum atomic E-state index is 12.6. The lowest BCUT2D eigenvalue weighted by molar-refractivity contribution is -0.149. The van der Waals surface area contributed by atoms with E-state index in [-0.39, 0.29) is 29.7 Å². The fourth-order valence-electron chi connectivity index (χ4n) is 3.83. The van der Waals surface area contributed by atoms with Crippen LogP contribution in [0.2, 0.25) is 0 Å². The average molecular weight is 381 g/mol. The van der Waals surface area contributed by atoms with Crippen molar-refractivity contribution in [2.45, 2.75) is 25.8 Å². The van der Waals surface area contributed by atoms with E-state index >= 15 is 0 Å². The van der Waals surface area contributed by atoms with E-state index in [9.17, 15) is 14.4 Å². The van der Waals surface area contributed by atoms with Crippen LogP contribution < -0.4 is 5.32 Å². The standard InChI is InChI=1S/C20H23N5O3/c1-14(26)24-9-3-7-18(24)20(28)23-12-15(13-23)19(27)22-16-5-2-6-17(11-16)25-10-4-8-21-25/h2,4-6,8,10-11,15,18H,3,7,9,12-13H2,1H3,(H,22,27). The quantitative estimate of drug-likeness (QED) is 0.864. The van der Waals surface area contributed by atoms with Crippen molar-refractivity contribution in [1.82, 2.24) is 19.6 Å². The Morgan fingerprint density at radius 1 is 1.18 bits per heavy atom. The molecular formula is C20H23N5O3. The van der Waals surface area contributed by atoms with E-state index in [0.29, 0.717) is 31.7 Å². The van der Waals surface area contributed by atoms with Gasteiger partial charge in [-0.25, -0.2) is 4.68 Å². The molecule has 8 heteroatoms. The van der Waals surface area contributed by atoms with Crippen LogP contribution in [-0.2, 0) is 14.4 Å². The summed E-state index contributed by atoms with van der Waals surface area (Å²) >= 11 is 0. The maximum Gasteiger partial charge on any atom is 0.245 e. The highest BCUT2D eigenvalue weighted by Gasteiger charge is 2.41. The summed E-state index contributed by atoms with van der Waals surface area (Å²) in [5.41, 5.74) is 1.56. The van der Waals surface area contributed by atoms with Crippen LogP contribution in [-0.4, -0.2) is 63.0 Å². The molecule has 2 fully saturated rings. The normalized spacial score (nSPS) is 19.4. The lowest BCUT2D eigenvalue weighted by atomic mass is 9.97. The lowest BCUT2D eigenvalue weighted by Gasteiger charge is -2.40. The molecule has 0 aliphatic carbocycles. The van der Waals surface area contributed by atoms with E-state index < -0.39 is 0 Å². The van der Waals surface area contributed by atoms with Gasteiger partial charge in [-0.1, -0.05) is 6.07 Å². The summed E-state index contributed by atoms with van der Waals surface area (Å²) in [7, 11) is 0. The predicted molar refractivity (Wildman–Crippen MR) is 103 cm³/mol. The minimum atomic E-state index is -0.368. The van der Waals surface area contributed by atoms with Crippen molar-refractivity contribution in [3.05, 3.63) is 42.7 Å². The number of hydrogen-bond acceptors (Lipinski definition) is 4. The molecule has 28 heavy (non-hydrogen) atoms. The summed E-state index contributed by atoms with van der Waals surface area (Å²) in [4.78, 5) is 40.1. The van der Waals surface area contributed by atoms with Crippen molar-refractivity contribution >= 4 is 23.4 Å². The number of likely N-dealkylation sites (tertiary alicyclic amines) is 2. The van der Waals surface area contributed by atoms with Gasteiger partial charge in [-0.05, 0) is 37.1 Å².